The lowest BCUT2D eigenvalue weighted by Crippen LogP contribution is -2.41. The van der Waals surface area contributed by atoms with Crippen LogP contribution in [0.4, 0.5) is 0 Å². The minimum atomic E-state index is -0.369. The predicted octanol–water partition coefficient (Wildman–Crippen LogP) is 7.00. The van der Waals surface area contributed by atoms with E-state index in [1.54, 1.807) is 0 Å². The molecule has 0 bridgehead atoms. The summed E-state index contributed by atoms with van der Waals surface area (Å²) in [7, 11) is -0.369. The molecule has 7 rings (SSSR count). The third-order valence-corrected chi connectivity index (χ3v) is 8.05. The van der Waals surface area contributed by atoms with Gasteiger partial charge in [0.25, 0.3) is 0 Å². The van der Waals surface area contributed by atoms with Gasteiger partial charge in [0.2, 0.25) is 0 Å². The molecule has 1 aromatic heterocycles. The lowest BCUT2D eigenvalue weighted by molar-refractivity contribution is 0.00578. The summed E-state index contributed by atoms with van der Waals surface area (Å²) in [6.45, 7) is 8.36. The molecule has 0 unspecified atom stereocenters. The van der Waals surface area contributed by atoms with Crippen LogP contribution in [0.15, 0.2) is 84.9 Å². The minimum Gasteiger partial charge on any atom is -0.399 e. The first-order valence-electron chi connectivity index (χ1n) is 12.3. The van der Waals surface area contributed by atoms with Crippen molar-refractivity contribution in [1.29, 1.82) is 0 Å². The standard InChI is InChI=1S/C31H26BNO2/c1-30(2)31(3,4)35-32(34-30)21-17-15-20(16-18-21)27-22-11-5-6-14-25(22)33-29-24-13-8-10-19-9-7-12-23(26(19)24)28(27)29/h5-18H,1-4H3. The van der Waals surface area contributed by atoms with Gasteiger partial charge in [-0.3, -0.25) is 0 Å². The second-order valence-electron chi connectivity index (χ2n) is 10.6. The Balaban J connectivity index is 1.43. The number of benzene rings is 4. The predicted molar refractivity (Wildman–Crippen MR) is 145 cm³/mol. The number of hydrogen-bond acceptors (Lipinski definition) is 3. The van der Waals surface area contributed by atoms with E-state index >= 15 is 0 Å². The van der Waals surface area contributed by atoms with Crippen molar-refractivity contribution in [2.45, 2.75) is 38.9 Å². The maximum absolute atomic E-state index is 6.29. The highest BCUT2D eigenvalue weighted by atomic mass is 16.7. The quantitative estimate of drug-likeness (QED) is 0.264. The Morgan fingerprint density at radius 3 is 2.03 bits per heavy atom. The minimum absolute atomic E-state index is 0.358. The number of pyridine rings is 1. The molecule has 3 nitrogen and oxygen atoms in total. The zero-order valence-electron chi connectivity index (χ0n) is 20.4. The third-order valence-electron chi connectivity index (χ3n) is 8.05. The van der Waals surface area contributed by atoms with E-state index in [1.165, 1.54) is 44.0 Å². The number of para-hydroxylation sites is 1. The van der Waals surface area contributed by atoms with Gasteiger partial charge in [-0.25, -0.2) is 4.98 Å². The van der Waals surface area contributed by atoms with Crippen LogP contribution >= 0.6 is 0 Å². The van der Waals surface area contributed by atoms with Crippen molar-refractivity contribution in [2.75, 3.05) is 0 Å². The maximum Gasteiger partial charge on any atom is 0.494 e. The Kier molecular flexibility index (Phi) is 4.19. The Morgan fingerprint density at radius 2 is 1.31 bits per heavy atom. The van der Waals surface area contributed by atoms with Gasteiger partial charge in [0.1, 0.15) is 0 Å². The van der Waals surface area contributed by atoms with Gasteiger partial charge in [0.05, 0.1) is 22.4 Å². The van der Waals surface area contributed by atoms with Crippen LogP contribution in [-0.4, -0.2) is 23.3 Å². The summed E-state index contributed by atoms with van der Waals surface area (Å²) in [5.41, 5.74) is 8.50. The molecule has 170 valence electrons. The van der Waals surface area contributed by atoms with E-state index in [1.807, 2.05) is 0 Å². The molecule has 0 amide bonds. The SMILES string of the molecule is CC1(C)OB(c2ccc(-c3c4c(nc5ccccc35)-c3cccc5cccc-4c35)cc2)OC1(C)C. The number of aromatic nitrogens is 1. The molecule has 0 atom stereocenters. The summed E-state index contributed by atoms with van der Waals surface area (Å²) in [6.07, 6.45) is 0. The van der Waals surface area contributed by atoms with Gasteiger partial charge in [0.15, 0.2) is 0 Å². The molecule has 1 saturated heterocycles. The number of fused-ring (bicyclic) bond motifs is 4. The van der Waals surface area contributed by atoms with Gasteiger partial charge in [-0.15, -0.1) is 0 Å². The monoisotopic (exact) mass is 455 g/mol. The van der Waals surface area contributed by atoms with E-state index < -0.39 is 0 Å². The fraction of sp³-hybridized carbons (Fsp3) is 0.194. The van der Waals surface area contributed by atoms with Crippen LogP contribution in [0.2, 0.25) is 0 Å². The molecule has 35 heavy (non-hydrogen) atoms. The molecule has 4 heteroatoms. The van der Waals surface area contributed by atoms with Crippen LogP contribution in [0.1, 0.15) is 27.7 Å². The lowest BCUT2D eigenvalue weighted by Gasteiger charge is -2.32. The molecule has 1 aliphatic heterocycles. The molecule has 5 aromatic rings. The molecule has 0 saturated carbocycles. The summed E-state index contributed by atoms with van der Waals surface area (Å²) < 4.78 is 12.6. The molecule has 0 spiro atoms. The topological polar surface area (TPSA) is 31.4 Å². The zero-order valence-corrected chi connectivity index (χ0v) is 20.4. The van der Waals surface area contributed by atoms with Gasteiger partial charge < -0.3 is 9.31 Å². The van der Waals surface area contributed by atoms with E-state index in [-0.39, 0.29) is 18.3 Å². The van der Waals surface area contributed by atoms with Crippen molar-refractivity contribution in [3.8, 4) is 33.5 Å². The molecule has 0 radical (unpaired) electrons. The molecule has 2 heterocycles. The summed E-state index contributed by atoms with van der Waals surface area (Å²) in [5.74, 6) is 0. The van der Waals surface area contributed by atoms with E-state index in [9.17, 15) is 0 Å². The summed E-state index contributed by atoms with van der Waals surface area (Å²) in [5, 5.41) is 3.71. The van der Waals surface area contributed by atoms with Crippen molar-refractivity contribution < 1.29 is 9.31 Å². The molecule has 4 aromatic carbocycles. The Bertz CT molecular complexity index is 1630. The van der Waals surface area contributed by atoms with Crippen LogP contribution in [0.25, 0.3) is 55.2 Å². The molecule has 1 fully saturated rings. The average Bonchev–Trinajstić information content (AvgIpc) is 3.29. The van der Waals surface area contributed by atoms with Crippen LogP contribution in [0.3, 0.4) is 0 Å². The van der Waals surface area contributed by atoms with Gasteiger partial charge >= 0.3 is 7.12 Å². The first-order valence-corrected chi connectivity index (χ1v) is 12.3. The Morgan fingerprint density at radius 1 is 0.657 bits per heavy atom. The normalized spacial score (nSPS) is 17.3. The maximum atomic E-state index is 6.29. The van der Waals surface area contributed by atoms with E-state index in [0.29, 0.717) is 0 Å². The van der Waals surface area contributed by atoms with Gasteiger partial charge in [0, 0.05) is 22.1 Å². The van der Waals surface area contributed by atoms with Crippen LogP contribution in [-0.2, 0) is 9.31 Å². The van der Waals surface area contributed by atoms with Gasteiger partial charge in [-0.05, 0) is 61.1 Å². The fourth-order valence-corrected chi connectivity index (χ4v) is 5.50. The van der Waals surface area contributed by atoms with Crippen molar-refractivity contribution in [3.63, 3.8) is 0 Å². The average molecular weight is 455 g/mol. The van der Waals surface area contributed by atoms with Crippen LogP contribution in [0, 0.1) is 0 Å². The second-order valence-corrected chi connectivity index (χ2v) is 10.6. The summed E-state index contributed by atoms with van der Waals surface area (Å²) in [6, 6.07) is 30.2. The smallest absolute Gasteiger partial charge is 0.399 e. The third kappa shape index (κ3) is 2.90. The van der Waals surface area contributed by atoms with E-state index in [0.717, 1.165) is 16.7 Å². The molecule has 2 aliphatic rings. The molecule has 0 N–H and O–H groups in total. The van der Waals surface area contributed by atoms with Crippen molar-refractivity contribution in [1.82, 2.24) is 4.98 Å². The summed E-state index contributed by atoms with van der Waals surface area (Å²) in [4.78, 5) is 5.15. The first-order chi connectivity index (χ1) is 16.8. The molecular weight excluding hydrogens is 429 g/mol. The largest absolute Gasteiger partial charge is 0.494 e. The van der Waals surface area contributed by atoms with E-state index in [4.69, 9.17) is 14.3 Å². The highest BCUT2D eigenvalue weighted by Gasteiger charge is 2.51. The summed E-state index contributed by atoms with van der Waals surface area (Å²) >= 11 is 0. The number of rotatable bonds is 2. The Labute approximate surface area is 205 Å². The zero-order chi connectivity index (χ0) is 23.9. The lowest BCUT2D eigenvalue weighted by atomic mass is 9.78. The van der Waals surface area contributed by atoms with E-state index in [2.05, 4.69) is 113 Å². The molecular formula is C31H26BNO2. The van der Waals surface area contributed by atoms with Gasteiger partial charge in [-0.1, -0.05) is 78.9 Å². The number of hydrogen-bond donors (Lipinski definition) is 0. The highest BCUT2D eigenvalue weighted by molar-refractivity contribution is 6.62. The Hall–Kier alpha value is -3.47. The fourth-order valence-electron chi connectivity index (χ4n) is 5.50. The first kappa shape index (κ1) is 20.9. The van der Waals surface area contributed by atoms with Crippen molar-refractivity contribution in [2.24, 2.45) is 0 Å². The highest BCUT2D eigenvalue weighted by Crippen LogP contribution is 2.52. The second kappa shape index (κ2) is 7.03. The van der Waals surface area contributed by atoms with Crippen molar-refractivity contribution >= 4 is 34.3 Å². The van der Waals surface area contributed by atoms with Crippen LogP contribution in [0.5, 0.6) is 0 Å². The van der Waals surface area contributed by atoms with Gasteiger partial charge in [-0.2, -0.15) is 0 Å². The van der Waals surface area contributed by atoms with Crippen LogP contribution < -0.4 is 5.46 Å². The molecule has 1 aliphatic carbocycles. The number of nitrogens with zero attached hydrogens (tertiary/aromatic N) is 1. The van der Waals surface area contributed by atoms with Crippen molar-refractivity contribution in [3.05, 3.63) is 84.9 Å².